The summed E-state index contributed by atoms with van der Waals surface area (Å²) >= 11 is 0. The third kappa shape index (κ3) is 5.92. The van der Waals surface area contributed by atoms with E-state index in [2.05, 4.69) is 9.97 Å². The molecule has 1 aromatic heterocycles. The van der Waals surface area contributed by atoms with Crippen molar-refractivity contribution in [1.29, 1.82) is 0 Å². The fourth-order valence-electron chi connectivity index (χ4n) is 2.07. The first-order valence-electron chi connectivity index (χ1n) is 7.56. The third-order valence-corrected chi connectivity index (χ3v) is 3.28. The van der Waals surface area contributed by atoms with Crippen LogP contribution < -0.4 is 10.5 Å². The zero-order valence-corrected chi connectivity index (χ0v) is 12.4. The summed E-state index contributed by atoms with van der Waals surface area (Å²) in [7, 11) is 0. The number of ether oxygens (including phenoxy) is 1. The van der Waals surface area contributed by atoms with Gasteiger partial charge in [-0.2, -0.15) is 0 Å². The van der Waals surface area contributed by atoms with Gasteiger partial charge in [-0.3, -0.25) is 0 Å². The van der Waals surface area contributed by atoms with Crippen LogP contribution in [0.25, 0.3) is 0 Å². The average Bonchev–Trinajstić information content (AvgIpc) is 2.55. The number of aryl methyl sites for hydroxylation is 1. The van der Waals surface area contributed by atoms with Crippen molar-refractivity contribution >= 4 is 0 Å². The van der Waals surface area contributed by atoms with E-state index in [0.717, 1.165) is 37.2 Å². The van der Waals surface area contributed by atoms with Gasteiger partial charge < -0.3 is 10.5 Å². The number of nitrogens with zero attached hydrogens (tertiary/aromatic N) is 2. The number of unbranched alkanes of at least 4 members (excludes halogenated alkanes) is 3. The van der Waals surface area contributed by atoms with Gasteiger partial charge in [0.15, 0.2) is 5.75 Å². The summed E-state index contributed by atoms with van der Waals surface area (Å²) in [5, 5.41) is 0. The van der Waals surface area contributed by atoms with Crippen LogP contribution in [0.3, 0.4) is 0 Å². The molecule has 2 N–H and O–H groups in total. The van der Waals surface area contributed by atoms with Crippen molar-refractivity contribution < 1.29 is 4.74 Å². The molecule has 4 heteroatoms. The number of hydrogen-bond donors (Lipinski definition) is 1. The highest BCUT2D eigenvalue weighted by Crippen LogP contribution is 2.11. The van der Waals surface area contributed by atoms with E-state index < -0.39 is 0 Å². The zero-order valence-electron chi connectivity index (χ0n) is 12.4. The van der Waals surface area contributed by atoms with Crippen LogP contribution in [0.1, 0.15) is 37.1 Å². The SMILES string of the molecule is NCCCCCCc1ncc(OCc2ccccc2)cn1. The summed E-state index contributed by atoms with van der Waals surface area (Å²) in [6.45, 7) is 1.33. The first kappa shape index (κ1) is 15.4. The van der Waals surface area contributed by atoms with Crippen LogP contribution >= 0.6 is 0 Å². The molecule has 1 heterocycles. The van der Waals surface area contributed by atoms with Crippen molar-refractivity contribution in [1.82, 2.24) is 9.97 Å². The van der Waals surface area contributed by atoms with Crippen molar-refractivity contribution in [2.75, 3.05) is 6.54 Å². The third-order valence-electron chi connectivity index (χ3n) is 3.28. The standard InChI is InChI=1S/C17H23N3O/c18-11-7-2-1-6-10-17-19-12-16(13-20-17)21-14-15-8-4-3-5-9-15/h3-5,8-9,12-13H,1-2,6-7,10-11,14,18H2. The minimum absolute atomic E-state index is 0.544. The molecule has 0 fully saturated rings. The van der Waals surface area contributed by atoms with Gasteiger partial charge in [-0.15, -0.1) is 0 Å². The van der Waals surface area contributed by atoms with Crippen molar-refractivity contribution in [2.45, 2.75) is 38.7 Å². The highest BCUT2D eigenvalue weighted by Gasteiger charge is 2.00. The quantitative estimate of drug-likeness (QED) is 0.719. The summed E-state index contributed by atoms with van der Waals surface area (Å²) in [6.07, 6.45) is 9.03. The summed E-state index contributed by atoms with van der Waals surface area (Å²) in [5.74, 6) is 1.60. The van der Waals surface area contributed by atoms with Gasteiger partial charge >= 0.3 is 0 Å². The maximum atomic E-state index is 5.67. The minimum atomic E-state index is 0.544. The molecule has 0 saturated carbocycles. The molecular weight excluding hydrogens is 262 g/mol. The van der Waals surface area contributed by atoms with Gasteiger partial charge in [0, 0.05) is 6.42 Å². The lowest BCUT2D eigenvalue weighted by Gasteiger charge is -2.06. The van der Waals surface area contributed by atoms with Crippen molar-refractivity contribution in [2.24, 2.45) is 5.73 Å². The van der Waals surface area contributed by atoms with E-state index in [1.807, 2.05) is 30.3 Å². The van der Waals surface area contributed by atoms with Crippen molar-refractivity contribution in [3.63, 3.8) is 0 Å². The van der Waals surface area contributed by atoms with Gasteiger partial charge in [0.2, 0.25) is 0 Å². The van der Waals surface area contributed by atoms with Crippen LogP contribution in [0.5, 0.6) is 5.75 Å². The number of benzene rings is 1. The van der Waals surface area contributed by atoms with E-state index >= 15 is 0 Å². The fourth-order valence-corrected chi connectivity index (χ4v) is 2.07. The molecule has 0 atom stereocenters. The van der Waals surface area contributed by atoms with Crippen LogP contribution in [0.4, 0.5) is 0 Å². The lowest BCUT2D eigenvalue weighted by atomic mass is 10.1. The summed E-state index contributed by atoms with van der Waals surface area (Å²) in [5.41, 5.74) is 6.61. The number of hydrogen-bond acceptors (Lipinski definition) is 4. The Balaban J connectivity index is 1.71. The largest absolute Gasteiger partial charge is 0.486 e. The topological polar surface area (TPSA) is 61.0 Å². The van der Waals surface area contributed by atoms with Crippen LogP contribution in [-0.4, -0.2) is 16.5 Å². The molecule has 0 spiro atoms. The Morgan fingerprint density at radius 1 is 0.905 bits per heavy atom. The van der Waals surface area contributed by atoms with Crippen LogP contribution in [0.2, 0.25) is 0 Å². The monoisotopic (exact) mass is 285 g/mol. The molecule has 0 aliphatic heterocycles. The van der Waals surface area contributed by atoms with E-state index in [0.29, 0.717) is 12.4 Å². The molecule has 0 aliphatic rings. The first-order chi connectivity index (χ1) is 10.4. The second-order valence-electron chi connectivity index (χ2n) is 5.06. The second kappa shape index (κ2) is 9.08. The molecule has 0 aliphatic carbocycles. The zero-order chi connectivity index (χ0) is 14.8. The number of rotatable bonds is 9. The minimum Gasteiger partial charge on any atom is -0.486 e. The summed E-state index contributed by atoms with van der Waals surface area (Å²) in [4.78, 5) is 8.70. The number of nitrogens with two attached hydrogens (primary N) is 1. The van der Waals surface area contributed by atoms with Crippen molar-refractivity contribution in [3.8, 4) is 5.75 Å². The van der Waals surface area contributed by atoms with Gasteiger partial charge in [-0.1, -0.05) is 43.2 Å². The molecule has 0 amide bonds. The van der Waals surface area contributed by atoms with Crippen LogP contribution in [-0.2, 0) is 13.0 Å². The van der Waals surface area contributed by atoms with Crippen LogP contribution in [0.15, 0.2) is 42.7 Å². The maximum Gasteiger partial charge on any atom is 0.156 e. The Hall–Kier alpha value is -1.94. The molecule has 1 aromatic carbocycles. The fraction of sp³-hybridized carbons (Fsp3) is 0.412. The molecule has 2 rings (SSSR count). The lowest BCUT2D eigenvalue weighted by molar-refractivity contribution is 0.303. The normalized spacial score (nSPS) is 10.5. The van der Waals surface area contributed by atoms with Gasteiger partial charge in [0.05, 0.1) is 12.4 Å². The summed E-state index contributed by atoms with van der Waals surface area (Å²) < 4.78 is 5.67. The molecule has 21 heavy (non-hydrogen) atoms. The second-order valence-corrected chi connectivity index (χ2v) is 5.06. The van der Waals surface area contributed by atoms with Crippen LogP contribution in [0, 0.1) is 0 Å². The number of aromatic nitrogens is 2. The highest BCUT2D eigenvalue weighted by atomic mass is 16.5. The molecule has 0 bridgehead atoms. The van der Waals surface area contributed by atoms with E-state index in [4.69, 9.17) is 10.5 Å². The van der Waals surface area contributed by atoms with Gasteiger partial charge in [-0.05, 0) is 24.9 Å². The molecule has 2 aromatic rings. The van der Waals surface area contributed by atoms with Crippen molar-refractivity contribution in [3.05, 3.63) is 54.1 Å². The summed E-state index contributed by atoms with van der Waals surface area (Å²) in [6, 6.07) is 10.1. The predicted octanol–water partition coefficient (Wildman–Crippen LogP) is 3.12. The van der Waals surface area contributed by atoms with E-state index in [1.165, 1.54) is 12.8 Å². The Labute approximate surface area is 126 Å². The van der Waals surface area contributed by atoms with Gasteiger partial charge in [0.1, 0.15) is 12.4 Å². The Kier molecular flexibility index (Phi) is 6.68. The van der Waals surface area contributed by atoms with E-state index in [1.54, 1.807) is 12.4 Å². The van der Waals surface area contributed by atoms with E-state index in [-0.39, 0.29) is 0 Å². The maximum absolute atomic E-state index is 5.67. The molecular formula is C17H23N3O. The first-order valence-corrected chi connectivity index (χ1v) is 7.56. The molecule has 112 valence electrons. The highest BCUT2D eigenvalue weighted by molar-refractivity contribution is 5.17. The predicted molar refractivity (Wildman–Crippen MR) is 84.0 cm³/mol. The molecule has 0 saturated heterocycles. The molecule has 0 radical (unpaired) electrons. The Morgan fingerprint density at radius 3 is 2.33 bits per heavy atom. The van der Waals surface area contributed by atoms with E-state index in [9.17, 15) is 0 Å². The molecule has 0 unspecified atom stereocenters. The Bertz CT molecular complexity index is 499. The van der Waals surface area contributed by atoms with Gasteiger partial charge in [-0.25, -0.2) is 9.97 Å². The van der Waals surface area contributed by atoms with Gasteiger partial charge in [0.25, 0.3) is 0 Å². The Morgan fingerprint density at radius 2 is 1.62 bits per heavy atom. The smallest absolute Gasteiger partial charge is 0.156 e. The average molecular weight is 285 g/mol. The lowest BCUT2D eigenvalue weighted by Crippen LogP contribution is -2.00. The molecule has 4 nitrogen and oxygen atoms in total.